The van der Waals surface area contributed by atoms with Crippen LogP contribution >= 0.6 is 11.6 Å². The van der Waals surface area contributed by atoms with Crippen molar-refractivity contribution in [2.45, 2.75) is 19.2 Å². The number of benzene rings is 1. The molecule has 2 rings (SSSR count). The van der Waals surface area contributed by atoms with Crippen molar-refractivity contribution in [1.82, 2.24) is 5.32 Å². The van der Waals surface area contributed by atoms with Crippen molar-refractivity contribution in [3.8, 4) is 0 Å². The molecule has 0 radical (unpaired) electrons. The van der Waals surface area contributed by atoms with E-state index in [0.29, 0.717) is 6.04 Å². The molecule has 1 heterocycles. The standard InChI is InChI=1S/C10H12ClNO/c1-7-6-13-10(12-7)8-4-2-3-5-9(8)11/h2-5,7,10,12H,6H2,1H3. The molecule has 70 valence electrons. The second-order valence-electron chi connectivity index (χ2n) is 3.30. The summed E-state index contributed by atoms with van der Waals surface area (Å²) in [6.07, 6.45) is -0.0382. The molecule has 0 saturated carbocycles. The Morgan fingerprint density at radius 1 is 1.46 bits per heavy atom. The summed E-state index contributed by atoms with van der Waals surface area (Å²) in [7, 11) is 0. The zero-order valence-electron chi connectivity index (χ0n) is 7.46. The number of ether oxygens (including phenoxy) is 1. The van der Waals surface area contributed by atoms with Gasteiger partial charge in [-0.05, 0) is 13.0 Å². The Bertz CT molecular complexity index is 303. The van der Waals surface area contributed by atoms with Crippen LogP contribution in [0, 0.1) is 0 Å². The largest absolute Gasteiger partial charge is 0.357 e. The van der Waals surface area contributed by atoms with Gasteiger partial charge in [-0.15, -0.1) is 0 Å². The molecule has 1 fully saturated rings. The molecule has 0 spiro atoms. The third kappa shape index (κ3) is 1.85. The van der Waals surface area contributed by atoms with Gasteiger partial charge in [0.1, 0.15) is 6.23 Å². The summed E-state index contributed by atoms with van der Waals surface area (Å²) in [6.45, 7) is 2.84. The third-order valence-electron chi connectivity index (χ3n) is 2.14. The van der Waals surface area contributed by atoms with E-state index >= 15 is 0 Å². The third-order valence-corrected chi connectivity index (χ3v) is 2.48. The molecule has 0 bridgehead atoms. The summed E-state index contributed by atoms with van der Waals surface area (Å²) < 4.78 is 5.54. The predicted octanol–water partition coefficient (Wildman–Crippen LogP) is 2.35. The van der Waals surface area contributed by atoms with E-state index < -0.39 is 0 Å². The Morgan fingerprint density at radius 3 is 2.85 bits per heavy atom. The van der Waals surface area contributed by atoms with Crippen LogP contribution in [0.3, 0.4) is 0 Å². The molecule has 1 aliphatic rings. The van der Waals surface area contributed by atoms with Crippen LogP contribution in [0.15, 0.2) is 24.3 Å². The second kappa shape index (κ2) is 3.66. The van der Waals surface area contributed by atoms with Gasteiger partial charge >= 0.3 is 0 Å². The Labute approximate surface area is 82.9 Å². The number of hydrogen-bond donors (Lipinski definition) is 1. The zero-order chi connectivity index (χ0) is 9.26. The summed E-state index contributed by atoms with van der Waals surface area (Å²) in [5.74, 6) is 0. The minimum atomic E-state index is -0.0382. The van der Waals surface area contributed by atoms with Gasteiger partial charge in [-0.3, -0.25) is 5.32 Å². The van der Waals surface area contributed by atoms with Crippen LogP contribution in [0.2, 0.25) is 5.02 Å². The molecule has 13 heavy (non-hydrogen) atoms. The Kier molecular flexibility index (Phi) is 2.54. The molecule has 3 heteroatoms. The van der Waals surface area contributed by atoms with E-state index in [-0.39, 0.29) is 6.23 Å². The normalized spacial score (nSPS) is 27.8. The van der Waals surface area contributed by atoms with Crippen molar-refractivity contribution in [3.63, 3.8) is 0 Å². The van der Waals surface area contributed by atoms with Gasteiger partial charge in [0.2, 0.25) is 0 Å². The first kappa shape index (κ1) is 9.00. The molecule has 1 N–H and O–H groups in total. The second-order valence-corrected chi connectivity index (χ2v) is 3.71. The van der Waals surface area contributed by atoms with Crippen LogP contribution < -0.4 is 5.32 Å². The predicted molar refractivity (Wildman–Crippen MR) is 52.7 cm³/mol. The van der Waals surface area contributed by atoms with Crippen LogP contribution in [0.5, 0.6) is 0 Å². The fourth-order valence-corrected chi connectivity index (χ4v) is 1.70. The lowest BCUT2D eigenvalue weighted by Crippen LogP contribution is -2.22. The van der Waals surface area contributed by atoms with Crippen molar-refractivity contribution in [1.29, 1.82) is 0 Å². The van der Waals surface area contributed by atoms with E-state index in [4.69, 9.17) is 16.3 Å². The molecule has 2 unspecified atom stereocenters. The molecular formula is C10H12ClNO. The Hall–Kier alpha value is -0.570. The van der Waals surface area contributed by atoms with Crippen molar-refractivity contribution in [3.05, 3.63) is 34.9 Å². The maximum Gasteiger partial charge on any atom is 0.136 e. The molecular weight excluding hydrogens is 186 g/mol. The van der Waals surface area contributed by atoms with Crippen molar-refractivity contribution in [2.24, 2.45) is 0 Å². The van der Waals surface area contributed by atoms with Crippen molar-refractivity contribution in [2.75, 3.05) is 6.61 Å². The maximum absolute atomic E-state index is 6.03. The van der Waals surface area contributed by atoms with E-state index in [1.807, 2.05) is 24.3 Å². The van der Waals surface area contributed by atoms with Gasteiger partial charge in [0.25, 0.3) is 0 Å². The molecule has 2 nitrogen and oxygen atoms in total. The molecule has 0 amide bonds. The molecule has 0 aliphatic carbocycles. The lowest BCUT2D eigenvalue weighted by atomic mass is 10.2. The van der Waals surface area contributed by atoms with Gasteiger partial charge in [0.15, 0.2) is 0 Å². The minimum Gasteiger partial charge on any atom is -0.357 e. The van der Waals surface area contributed by atoms with Crippen LogP contribution in [-0.4, -0.2) is 12.6 Å². The summed E-state index contributed by atoms with van der Waals surface area (Å²) in [6, 6.07) is 8.16. The first-order valence-electron chi connectivity index (χ1n) is 4.39. The lowest BCUT2D eigenvalue weighted by molar-refractivity contribution is 0.101. The molecule has 1 saturated heterocycles. The first-order valence-corrected chi connectivity index (χ1v) is 4.77. The number of nitrogens with one attached hydrogen (secondary N) is 1. The zero-order valence-corrected chi connectivity index (χ0v) is 8.21. The van der Waals surface area contributed by atoms with E-state index in [2.05, 4.69) is 12.2 Å². The molecule has 2 atom stereocenters. The Morgan fingerprint density at radius 2 is 2.23 bits per heavy atom. The van der Waals surface area contributed by atoms with Gasteiger partial charge in [-0.2, -0.15) is 0 Å². The highest BCUT2D eigenvalue weighted by Crippen LogP contribution is 2.26. The van der Waals surface area contributed by atoms with Crippen LogP contribution in [0.1, 0.15) is 18.7 Å². The van der Waals surface area contributed by atoms with Gasteiger partial charge in [-0.25, -0.2) is 0 Å². The quantitative estimate of drug-likeness (QED) is 0.746. The van der Waals surface area contributed by atoms with E-state index in [0.717, 1.165) is 17.2 Å². The van der Waals surface area contributed by atoms with Gasteiger partial charge in [-0.1, -0.05) is 29.8 Å². The molecule has 0 aromatic heterocycles. The minimum absolute atomic E-state index is 0.0382. The van der Waals surface area contributed by atoms with E-state index in [1.165, 1.54) is 0 Å². The molecule has 1 aromatic carbocycles. The monoisotopic (exact) mass is 197 g/mol. The molecule has 1 aliphatic heterocycles. The van der Waals surface area contributed by atoms with Gasteiger partial charge < -0.3 is 4.74 Å². The highest BCUT2D eigenvalue weighted by molar-refractivity contribution is 6.31. The highest BCUT2D eigenvalue weighted by Gasteiger charge is 2.23. The van der Waals surface area contributed by atoms with Crippen molar-refractivity contribution < 1.29 is 4.74 Å². The summed E-state index contributed by atoms with van der Waals surface area (Å²) in [4.78, 5) is 0. The smallest absolute Gasteiger partial charge is 0.136 e. The van der Waals surface area contributed by atoms with Crippen LogP contribution in [-0.2, 0) is 4.74 Å². The first-order chi connectivity index (χ1) is 6.27. The van der Waals surface area contributed by atoms with Crippen LogP contribution in [0.25, 0.3) is 0 Å². The fraction of sp³-hybridized carbons (Fsp3) is 0.400. The topological polar surface area (TPSA) is 21.3 Å². The highest BCUT2D eigenvalue weighted by atomic mass is 35.5. The number of hydrogen-bond acceptors (Lipinski definition) is 2. The van der Waals surface area contributed by atoms with E-state index in [1.54, 1.807) is 0 Å². The summed E-state index contributed by atoms with van der Waals surface area (Å²) in [5.41, 5.74) is 1.02. The summed E-state index contributed by atoms with van der Waals surface area (Å²) >= 11 is 6.03. The number of halogens is 1. The number of rotatable bonds is 1. The maximum atomic E-state index is 6.03. The van der Waals surface area contributed by atoms with Crippen molar-refractivity contribution >= 4 is 11.6 Å². The fourth-order valence-electron chi connectivity index (χ4n) is 1.46. The average molecular weight is 198 g/mol. The average Bonchev–Trinajstić information content (AvgIpc) is 2.53. The van der Waals surface area contributed by atoms with Gasteiger partial charge in [0.05, 0.1) is 6.61 Å². The summed E-state index contributed by atoms with van der Waals surface area (Å²) in [5, 5.41) is 4.06. The molecule has 1 aromatic rings. The van der Waals surface area contributed by atoms with Gasteiger partial charge in [0, 0.05) is 16.6 Å². The SMILES string of the molecule is CC1COC(c2ccccc2Cl)N1. The lowest BCUT2D eigenvalue weighted by Gasteiger charge is -2.12. The van der Waals surface area contributed by atoms with E-state index in [9.17, 15) is 0 Å². The Balaban J connectivity index is 2.21. The van der Waals surface area contributed by atoms with Crippen LogP contribution in [0.4, 0.5) is 0 Å².